The van der Waals surface area contributed by atoms with Gasteiger partial charge in [-0.3, -0.25) is 4.79 Å². The lowest BCUT2D eigenvalue weighted by molar-refractivity contribution is -0.120. The highest BCUT2D eigenvalue weighted by atomic mass is 32.2. The molecule has 6 heteroatoms. The zero-order valence-corrected chi connectivity index (χ0v) is 17.6. The summed E-state index contributed by atoms with van der Waals surface area (Å²) in [7, 11) is -3.50. The zero-order valence-electron chi connectivity index (χ0n) is 16.8. The Morgan fingerprint density at radius 3 is 2.17 bits per heavy atom. The molecule has 3 aromatic rings. The molecule has 0 N–H and O–H groups in total. The minimum Gasteiger partial charge on any atom is -0.310 e. The largest absolute Gasteiger partial charge is 0.310 e. The van der Waals surface area contributed by atoms with Crippen LogP contribution in [0, 0.1) is 0 Å². The van der Waals surface area contributed by atoms with Gasteiger partial charge in [0.05, 0.1) is 12.8 Å². The molecule has 154 valence electrons. The van der Waals surface area contributed by atoms with E-state index in [1.165, 1.54) is 10.6 Å². The molecule has 5 nitrogen and oxygen atoms in total. The van der Waals surface area contributed by atoms with E-state index >= 15 is 0 Å². The van der Waals surface area contributed by atoms with Crippen LogP contribution in [0.3, 0.4) is 0 Å². The second kappa shape index (κ2) is 8.42. The molecule has 1 aliphatic rings. The number of amides is 1. The van der Waals surface area contributed by atoms with Gasteiger partial charge in [-0.15, -0.1) is 0 Å². The summed E-state index contributed by atoms with van der Waals surface area (Å²) in [6, 6.07) is 27.3. The van der Waals surface area contributed by atoms with Gasteiger partial charge in [0.1, 0.15) is 0 Å². The van der Waals surface area contributed by atoms with Crippen LogP contribution in [0.15, 0.2) is 84.9 Å². The molecule has 0 radical (unpaired) electrons. The van der Waals surface area contributed by atoms with Crippen molar-refractivity contribution < 1.29 is 13.2 Å². The number of carbonyl (C=O) groups is 1. The van der Waals surface area contributed by atoms with Crippen molar-refractivity contribution in [2.75, 3.05) is 24.2 Å². The van der Waals surface area contributed by atoms with Gasteiger partial charge in [0, 0.05) is 18.3 Å². The Labute approximate surface area is 177 Å². The third-order valence-corrected chi connectivity index (χ3v) is 6.68. The standard InChI is InChI=1S/C24H24N2O3S/c1-30(28,29)26-18-24(27)25(17-23(26)15-19-9-4-2-5-10-19)22-14-8-13-21(16-22)20-11-6-3-7-12-20/h2-14,16,23H,15,17-18H2,1H3. The Bertz CT molecular complexity index is 1130. The highest BCUT2D eigenvalue weighted by Gasteiger charge is 2.37. The van der Waals surface area contributed by atoms with E-state index in [-0.39, 0.29) is 18.5 Å². The van der Waals surface area contributed by atoms with Crippen molar-refractivity contribution in [1.29, 1.82) is 0 Å². The Balaban J connectivity index is 1.65. The summed E-state index contributed by atoms with van der Waals surface area (Å²) in [4.78, 5) is 14.6. The van der Waals surface area contributed by atoms with Gasteiger partial charge in [-0.1, -0.05) is 72.8 Å². The van der Waals surface area contributed by atoms with Crippen LogP contribution in [0.4, 0.5) is 5.69 Å². The van der Waals surface area contributed by atoms with Crippen molar-refractivity contribution in [3.05, 3.63) is 90.5 Å². The average Bonchev–Trinajstić information content (AvgIpc) is 2.75. The highest BCUT2D eigenvalue weighted by Crippen LogP contribution is 2.28. The van der Waals surface area contributed by atoms with E-state index in [1.807, 2.05) is 84.9 Å². The molecule has 4 rings (SSSR count). The predicted molar refractivity (Wildman–Crippen MR) is 120 cm³/mol. The third-order valence-electron chi connectivity index (χ3n) is 5.40. The lowest BCUT2D eigenvalue weighted by Crippen LogP contribution is -2.58. The second-order valence-electron chi connectivity index (χ2n) is 7.57. The number of hydrogen-bond donors (Lipinski definition) is 0. The Morgan fingerprint density at radius 1 is 0.867 bits per heavy atom. The lowest BCUT2D eigenvalue weighted by atomic mass is 10.0. The first-order valence-corrected chi connectivity index (χ1v) is 11.7. The van der Waals surface area contributed by atoms with Crippen molar-refractivity contribution in [3.63, 3.8) is 0 Å². The maximum atomic E-state index is 12.9. The van der Waals surface area contributed by atoms with E-state index in [2.05, 4.69) is 0 Å². The molecule has 0 bridgehead atoms. The molecule has 0 aliphatic carbocycles. The number of rotatable bonds is 5. The normalized spacial score (nSPS) is 17.8. The van der Waals surface area contributed by atoms with Crippen molar-refractivity contribution in [2.45, 2.75) is 12.5 Å². The number of carbonyl (C=O) groups excluding carboxylic acids is 1. The van der Waals surface area contributed by atoms with E-state index in [9.17, 15) is 13.2 Å². The molecular weight excluding hydrogens is 396 g/mol. The van der Waals surface area contributed by atoms with Crippen LogP contribution in [0.25, 0.3) is 11.1 Å². The van der Waals surface area contributed by atoms with E-state index < -0.39 is 10.0 Å². The number of benzene rings is 3. The molecule has 30 heavy (non-hydrogen) atoms. The fourth-order valence-corrected chi connectivity index (χ4v) is 4.95. The number of nitrogens with zero attached hydrogens (tertiary/aromatic N) is 2. The topological polar surface area (TPSA) is 57.7 Å². The monoisotopic (exact) mass is 420 g/mol. The molecule has 0 spiro atoms. The number of sulfonamides is 1. The van der Waals surface area contributed by atoms with Gasteiger partial charge in [0.25, 0.3) is 0 Å². The fourth-order valence-electron chi connectivity index (χ4n) is 3.93. The molecule has 1 heterocycles. The van der Waals surface area contributed by atoms with Crippen LogP contribution in [-0.2, 0) is 21.2 Å². The number of anilines is 1. The molecule has 1 fully saturated rings. The van der Waals surface area contributed by atoms with Gasteiger partial charge in [0.15, 0.2) is 0 Å². The van der Waals surface area contributed by atoms with Crippen LogP contribution in [0.1, 0.15) is 5.56 Å². The smallest absolute Gasteiger partial charge is 0.242 e. The van der Waals surface area contributed by atoms with Crippen LogP contribution in [0.2, 0.25) is 0 Å². The Morgan fingerprint density at radius 2 is 1.50 bits per heavy atom. The summed E-state index contributed by atoms with van der Waals surface area (Å²) in [5.41, 5.74) is 3.92. The van der Waals surface area contributed by atoms with Crippen LogP contribution in [0.5, 0.6) is 0 Å². The highest BCUT2D eigenvalue weighted by molar-refractivity contribution is 7.88. The van der Waals surface area contributed by atoms with E-state index in [0.717, 1.165) is 22.4 Å². The molecule has 1 unspecified atom stereocenters. The van der Waals surface area contributed by atoms with Crippen LogP contribution in [-0.4, -0.2) is 44.0 Å². The van der Waals surface area contributed by atoms with Gasteiger partial charge in [-0.25, -0.2) is 8.42 Å². The molecule has 1 atom stereocenters. The Kier molecular flexibility index (Phi) is 5.70. The van der Waals surface area contributed by atoms with E-state index in [1.54, 1.807) is 4.90 Å². The summed E-state index contributed by atoms with van der Waals surface area (Å²) in [5, 5.41) is 0. The minimum atomic E-state index is -3.50. The summed E-state index contributed by atoms with van der Waals surface area (Å²) in [5.74, 6) is -0.213. The van der Waals surface area contributed by atoms with Crippen molar-refractivity contribution in [2.24, 2.45) is 0 Å². The molecule has 0 aromatic heterocycles. The lowest BCUT2D eigenvalue weighted by Gasteiger charge is -2.39. The molecule has 3 aromatic carbocycles. The first-order valence-electron chi connectivity index (χ1n) is 9.88. The van der Waals surface area contributed by atoms with Crippen LogP contribution < -0.4 is 4.90 Å². The van der Waals surface area contributed by atoms with Gasteiger partial charge < -0.3 is 4.90 Å². The summed E-state index contributed by atoms with van der Waals surface area (Å²) in [6.07, 6.45) is 1.72. The van der Waals surface area contributed by atoms with E-state index in [0.29, 0.717) is 13.0 Å². The first-order chi connectivity index (χ1) is 14.4. The molecule has 0 saturated carbocycles. The van der Waals surface area contributed by atoms with Gasteiger partial charge in [-0.05, 0) is 35.2 Å². The summed E-state index contributed by atoms with van der Waals surface area (Å²) in [6.45, 7) is 0.172. The third kappa shape index (κ3) is 4.45. The van der Waals surface area contributed by atoms with Crippen molar-refractivity contribution in [1.82, 2.24) is 4.31 Å². The quantitative estimate of drug-likeness (QED) is 0.634. The summed E-state index contributed by atoms with van der Waals surface area (Å²) >= 11 is 0. The van der Waals surface area contributed by atoms with Crippen molar-refractivity contribution in [3.8, 4) is 11.1 Å². The van der Waals surface area contributed by atoms with E-state index in [4.69, 9.17) is 0 Å². The molecule has 1 saturated heterocycles. The first kappa shape index (κ1) is 20.3. The average molecular weight is 421 g/mol. The molecule has 1 aliphatic heterocycles. The predicted octanol–water partition coefficient (Wildman–Crippen LogP) is 3.57. The summed E-state index contributed by atoms with van der Waals surface area (Å²) < 4.78 is 26.1. The maximum Gasteiger partial charge on any atom is 0.242 e. The number of hydrogen-bond acceptors (Lipinski definition) is 3. The Hall–Kier alpha value is -2.96. The minimum absolute atomic E-state index is 0.147. The van der Waals surface area contributed by atoms with Gasteiger partial charge in [0.2, 0.25) is 15.9 Å². The number of piperazine rings is 1. The van der Waals surface area contributed by atoms with Gasteiger partial charge >= 0.3 is 0 Å². The fraction of sp³-hybridized carbons (Fsp3) is 0.208. The zero-order chi connectivity index (χ0) is 21.1. The second-order valence-corrected chi connectivity index (χ2v) is 9.51. The van der Waals surface area contributed by atoms with Crippen molar-refractivity contribution >= 4 is 21.6 Å². The SMILES string of the molecule is CS(=O)(=O)N1CC(=O)N(c2cccc(-c3ccccc3)c2)CC1Cc1ccccc1. The molecule has 1 amide bonds. The molecular formula is C24H24N2O3S. The maximum absolute atomic E-state index is 12.9. The van der Waals surface area contributed by atoms with Gasteiger partial charge in [-0.2, -0.15) is 4.31 Å². The van der Waals surface area contributed by atoms with Crippen LogP contribution >= 0.6 is 0 Å².